The zero-order valence-corrected chi connectivity index (χ0v) is 12.7. The van der Waals surface area contributed by atoms with Gasteiger partial charge in [0.15, 0.2) is 5.69 Å². The molecule has 2 aromatic heterocycles. The molecule has 23 heavy (non-hydrogen) atoms. The van der Waals surface area contributed by atoms with Crippen LogP contribution in [-0.4, -0.2) is 46.8 Å². The molecule has 0 spiro atoms. The van der Waals surface area contributed by atoms with Crippen molar-refractivity contribution in [3.63, 3.8) is 0 Å². The molecule has 0 amide bonds. The van der Waals surface area contributed by atoms with Gasteiger partial charge in [-0.3, -0.25) is 0 Å². The zero-order chi connectivity index (χ0) is 16.2. The summed E-state index contributed by atoms with van der Waals surface area (Å²) in [6, 6.07) is 4.11. The molecule has 0 aliphatic carbocycles. The van der Waals surface area contributed by atoms with Crippen LogP contribution in [0.2, 0.25) is 0 Å². The van der Waals surface area contributed by atoms with Crippen LogP contribution in [0, 0.1) is 0 Å². The molecule has 1 unspecified atom stereocenters. The molecule has 2 aromatic rings. The Hall–Kier alpha value is -2.61. The highest BCUT2D eigenvalue weighted by Gasteiger charge is 2.17. The van der Waals surface area contributed by atoms with Gasteiger partial charge >= 0.3 is 5.97 Å². The minimum atomic E-state index is -1.12. The van der Waals surface area contributed by atoms with E-state index in [2.05, 4.69) is 20.2 Å². The number of pyridine rings is 1. The van der Waals surface area contributed by atoms with Crippen LogP contribution in [-0.2, 0) is 11.3 Å². The lowest BCUT2D eigenvalue weighted by molar-refractivity contribution is 0.0529. The Morgan fingerprint density at radius 2 is 2.39 bits per heavy atom. The number of nitrogens with zero attached hydrogens (tertiary/aromatic N) is 3. The highest BCUT2D eigenvalue weighted by Crippen LogP contribution is 2.16. The number of carboxylic acid groups (broad SMARTS) is 1. The fraction of sp³-hybridized carbons (Fsp3) is 0.400. The summed E-state index contributed by atoms with van der Waals surface area (Å²) in [7, 11) is 0. The fourth-order valence-electron chi connectivity index (χ4n) is 2.37. The molecular formula is C15H18N4O4. The molecule has 8 nitrogen and oxygen atoms in total. The molecule has 0 radical (unpaired) electrons. The second kappa shape index (κ2) is 6.66. The van der Waals surface area contributed by atoms with Crippen LogP contribution < -0.4 is 10.2 Å². The van der Waals surface area contributed by atoms with E-state index >= 15 is 0 Å². The molecule has 1 aliphatic rings. The van der Waals surface area contributed by atoms with Gasteiger partial charge in [0.1, 0.15) is 12.1 Å². The van der Waals surface area contributed by atoms with Crippen molar-refractivity contribution in [1.29, 1.82) is 0 Å². The Balaban J connectivity index is 1.57. The predicted molar refractivity (Wildman–Crippen MR) is 82.7 cm³/mol. The predicted octanol–water partition coefficient (Wildman–Crippen LogP) is 1.60. The normalized spacial score (nSPS) is 18.0. The Morgan fingerprint density at radius 3 is 3.04 bits per heavy atom. The second-order valence-corrected chi connectivity index (χ2v) is 5.35. The van der Waals surface area contributed by atoms with Crippen LogP contribution in [0.5, 0.6) is 0 Å². The van der Waals surface area contributed by atoms with E-state index in [1.807, 2.05) is 19.1 Å². The van der Waals surface area contributed by atoms with Crippen molar-refractivity contribution < 1.29 is 19.1 Å². The van der Waals surface area contributed by atoms with Crippen molar-refractivity contribution in [3.05, 3.63) is 35.9 Å². The van der Waals surface area contributed by atoms with Gasteiger partial charge < -0.3 is 24.5 Å². The van der Waals surface area contributed by atoms with Gasteiger partial charge in [-0.15, -0.1) is 0 Å². The smallest absolute Gasteiger partial charge is 0.357 e. The maximum Gasteiger partial charge on any atom is 0.357 e. The van der Waals surface area contributed by atoms with Crippen molar-refractivity contribution in [3.8, 4) is 0 Å². The van der Waals surface area contributed by atoms with E-state index in [9.17, 15) is 4.79 Å². The summed E-state index contributed by atoms with van der Waals surface area (Å²) in [6.07, 6.45) is 3.09. The Labute approximate surface area is 133 Å². The lowest BCUT2D eigenvalue weighted by Crippen LogP contribution is -2.41. The molecule has 8 heteroatoms. The summed E-state index contributed by atoms with van der Waals surface area (Å²) >= 11 is 0. The molecule has 0 saturated carbocycles. The largest absolute Gasteiger partial charge is 0.476 e. The second-order valence-electron chi connectivity index (χ2n) is 5.35. The Morgan fingerprint density at radius 1 is 1.52 bits per heavy atom. The summed E-state index contributed by atoms with van der Waals surface area (Å²) in [5.41, 5.74) is 0.826. The van der Waals surface area contributed by atoms with Gasteiger partial charge in [0.25, 0.3) is 6.01 Å². The number of anilines is 2. The average molecular weight is 318 g/mol. The van der Waals surface area contributed by atoms with Gasteiger partial charge in [0, 0.05) is 25.8 Å². The first kappa shape index (κ1) is 15.3. The topological polar surface area (TPSA) is 101 Å². The number of nitrogens with one attached hydrogen (secondary N) is 1. The van der Waals surface area contributed by atoms with Gasteiger partial charge in [-0.1, -0.05) is 6.07 Å². The van der Waals surface area contributed by atoms with Crippen LogP contribution in [0.4, 0.5) is 11.8 Å². The highest BCUT2D eigenvalue weighted by atomic mass is 16.5. The number of oxazole rings is 1. The van der Waals surface area contributed by atoms with Crippen LogP contribution in [0.25, 0.3) is 0 Å². The molecular weight excluding hydrogens is 300 g/mol. The molecule has 0 bridgehead atoms. The number of aromatic carboxylic acids is 1. The third-order valence-electron chi connectivity index (χ3n) is 3.54. The number of hydrogen-bond donors (Lipinski definition) is 2. The number of aromatic nitrogens is 2. The average Bonchev–Trinajstić information content (AvgIpc) is 3.03. The van der Waals surface area contributed by atoms with E-state index in [-0.39, 0.29) is 17.8 Å². The number of carbonyl (C=O) groups is 1. The van der Waals surface area contributed by atoms with Gasteiger partial charge in [-0.25, -0.2) is 9.78 Å². The lowest BCUT2D eigenvalue weighted by atomic mass is 10.2. The monoisotopic (exact) mass is 318 g/mol. The van der Waals surface area contributed by atoms with Crippen LogP contribution in [0.1, 0.15) is 23.0 Å². The van der Waals surface area contributed by atoms with Crippen molar-refractivity contribution >= 4 is 17.8 Å². The lowest BCUT2D eigenvalue weighted by Gasteiger charge is -2.32. The minimum Gasteiger partial charge on any atom is -0.476 e. The Bertz CT molecular complexity index is 670. The molecule has 1 fully saturated rings. The molecule has 1 aliphatic heterocycles. The number of ether oxygens (including phenoxy) is 1. The highest BCUT2D eigenvalue weighted by molar-refractivity contribution is 5.85. The van der Waals surface area contributed by atoms with Gasteiger partial charge in [0.05, 0.1) is 12.7 Å². The van der Waals surface area contributed by atoms with E-state index in [1.165, 1.54) is 0 Å². The number of carboxylic acids is 1. The van der Waals surface area contributed by atoms with Crippen LogP contribution >= 0.6 is 0 Å². The number of rotatable bonds is 5. The van der Waals surface area contributed by atoms with Crippen molar-refractivity contribution in [2.24, 2.45) is 0 Å². The van der Waals surface area contributed by atoms with Gasteiger partial charge in [-0.05, 0) is 18.6 Å². The fourth-order valence-corrected chi connectivity index (χ4v) is 2.37. The maximum atomic E-state index is 10.7. The van der Waals surface area contributed by atoms with E-state index in [0.717, 1.165) is 30.7 Å². The third-order valence-corrected chi connectivity index (χ3v) is 3.54. The van der Waals surface area contributed by atoms with E-state index in [0.29, 0.717) is 13.2 Å². The van der Waals surface area contributed by atoms with Crippen molar-refractivity contribution in [2.45, 2.75) is 19.6 Å². The molecule has 2 N–H and O–H groups in total. The molecule has 3 heterocycles. The molecule has 1 saturated heterocycles. The molecule has 0 aromatic carbocycles. The van der Waals surface area contributed by atoms with Crippen LogP contribution in [0.3, 0.4) is 0 Å². The summed E-state index contributed by atoms with van der Waals surface area (Å²) < 4.78 is 10.6. The zero-order valence-electron chi connectivity index (χ0n) is 12.7. The Kier molecular flexibility index (Phi) is 4.42. The first-order chi connectivity index (χ1) is 11.1. The van der Waals surface area contributed by atoms with Crippen molar-refractivity contribution in [1.82, 2.24) is 9.97 Å². The van der Waals surface area contributed by atoms with Gasteiger partial charge in [-0.2, -0.15) is 4.98 Å². The number of morpholine rings is 1. The molecule has 1 atom stereocenters. The van der Waals surface area contributed by atoms with E-state index in [4.69, 9.17) is 14.3 Å². The summed E-state index contributed by atoms with van der Waals surface area (Å²) in [4.78, 5) is 21.2. The maximum absolute atomic E-state index is 10.7. The summed E-state index contributed by atoms with van der Waals surface area (Å²) in [6.45, 7) is 4.88. The summed E-state index contributed by atoms with van der Waals surface area (Å²) in [5.74, 6) is -0.194. The number of hydrogen-bond acceptors (Lipinski definition) is 7. The quantitative estimate of drug-likeness (QED) is 0.857. The van der Waals surface area contributed by atoms with Crippen molar-refractivity contribution in [2.75, 3.05) is 29.9 Å². The van der Waals surface area contributed by atoms with Crippen LogP contribution in [0.15, 0.2) is 29.0 Å². The van der Waals surface area contributed by atoms with E-state index in [1.54, 1.807) is 6.20 Å². The first-order valence-corrected chi connectivity index (χ1v) is 7.36. The van der Waals surface area contributed by atoms with E-state index < -0.39 is 5.97 Å². The molecule has 122 valence electrons. The van der Waals surface area contributed by atoms with Gasteiger partial charge in [0.2, 0.25) is 0 Å². The SMILES string of the molecule is CC1CN(c2ccc(CNc3nc(C(=O)O)co3)cn2)CCO1. The summed E-state index contributed by atoms with van der Waals surface area (Å²) in [5, 5.41) is 11.7. The first-order valence-electron chi connectivity index (χ1n) is 7.36. The standard InChI is InChI=1S/C15H18N4O4/c1-10-8-19(4-5-22-10)13-3-2-11(6-16-13)7-17-15-18-12(9-23-15)14(20)21/h2-3,6,9-10H,4-5,7-8H2,1H3,(H,17,18)(H,20,21). The third kappa shape index (κ3) is 3.78. The minimum absolute atomic E-state index is 0.123. The molecule has 3 rings (SSSR count).